The Morgan fingerprint density at radius 3 is 2.51 bits per heavy atom. The lowest BCUT2D eigenvalue weighted by molar-refractivity contribution is -0.148. The number of likely N-dealkylation sites (tertiary alicyclic amines) is 1. The second kappa shape index (κ2) is 11.9. The molecular weight excluding hydrogens is 559 g/mol. The molecule has 0 aliphatic carbocycles. The summed E-state index contributed by atoms with van der Waals surface area (Å²) >= 11 is 0. The number of carbonyl (C=O) groups is 2. The summed E-state index contributed by atoms with van der Waals surface area (Å²) in [6.07, 6.45) is 2.63. The highest BCUT2D eigenvalue weighted by molar-refractivity contribution is 5.95. The normalized spacial score (nSPS) is 17.3. The highest BCUT2D eigenvalue weighted by atomic mass is 19.4. The summed E-state index contributed by atoms with van der Waals surface area (Å²) in [6.45, 7) is 1.98. The number of benzene rings is 1. The van der Waals surface area contributed by atoms with Gasteiger partial charge in [0, 0.05) is 73.9 Å². The van der Waals surface area contributed by atoms with Crippen LogP contribution >= 0.6 is 0 Å². The number of rotatable bonds is 7. The summed E-state index contributed by atoms with van der Waals surface area (Å²) in [4.78, 5) is 37.4. The van der Waals surface area contributed by atoms with E-state index in [0.29, 0.717) is 49.1 Å². The lowest BCUT2D eigenvalue weighted by atomic mass is 10.00. The number of nitrogens with zero attached hydrogens (tertiary/aromatic N) is 6. The van der Waals surface area contributed by atoms with Crippen LogP contribution in [0.2, 0.25) is 0 Å². The summed E-state index contributed by atoms with van der Waals surface area (Å²) in [5, 5.41) is 7.73. The van der Waals surface area contributed by atoms with Crippen LogP contribution in [0.5, 0.6) is 0 Å². The molecule has 1 unspecified atom stereocenters. The van der Waals surface area contributed by atoms with Crippen LogP contribution in [-0.2, 0) is 4.79 Å². The first-order valence-corrected chi connectivity index (χ1v) is 14.2. The first-order chi connectivity index (χ1) is 20.7. The Hall–Kier alpha value is -4.74. The third kappa shape index (κ3) is 6.52. The van der Waals surface area contributed by atoms with Crippen LogP contribution in [0.15, 0.2) is 73.2 Å². The van der Waals surface area contributed by atoms with Gasteiger partial charge in [0.05, 0.1) is 6.42 Å². The van der Waals surface area contributed by atoms with E-state index in [9.17, 15) is 22.8 Å². The van der Waals surface area contributed by atoms with Gasteiger partial charge >= 0.3 is 6.18 Å². The molecule has 1 N–H and O–H groups in total. The Labute approximate surface area is 246 Å². The van der Waals surface area contributed by atoms with Gasteiger partial charge in [-0.05, 0) is 72.5 Å². The van der Waals surface area contributed by atoms with Gasteiger partial charge in [0.2, 0.25) is 11.9 Å². The molecule has 0 radical (unpaired) electrons. The Bertz CT molecular complexity index is 1650. The zero-order valence-electron chi connectivity index (χ0n) is 23.3. The summed E-state index contributed by atoms with van der Waals surface area (Å²) in [6, 6.07) is 15.0. The molecule has 2 amide bonds. The van der Waals surface area contributed by atoms with Gasteiger partial charge in [0.1, 0.15) is 0 Å². The number of hydrogen-bond acceptors (Lipinski definition) is 6. The molecule has 3 aromatic heterocycles. The molecule has 0 saturated carbocycles. The zero-order chi connectivity index (χ0) is 30.0. The number of aromatic nitrogens is 4. The third-order valence-corrected chi connectivity index (χ3v) is 7.93. The van der Waals surface area contributed by atoms with Crippen LogP contribution in [-0.4, -0.2) is 73.6 Å². The van der Waals surface area contributed by atoms with E-state index >= 15 is 0 Å². The summed E-state index contributed by atoms with van der Waals surface area (Å²) < 4.78 is 39.2. The topological polar surface area (TPSA) is 95.7 Å². The quantitative estimate of drug-likeness (QED) is 0.308. The molecule has 5 heterocycles. The van der Waals surface area contributed by atoms with Crippen molar-refractivity contribution >= 4 is 34.7 Å². The second-order valence-electron chi connectivity index (χ2n) is 10.8. The molecule has 1 saturated heterocycles. The minimum absolute atomic E-state index is 0.0000209. The van der Waals surface area contributed by atoms with Crippen molar-refractivity contribution in [3.63, 3.8) is 0 Å². The van der Waals surface area contributed by atoms with Gasteiger partial charge in [0.15, 0.2) is 5.65 Å². The molecule has 1 fully saturated rings. The number of alkyl halides is 3. The number of pyridine rings is 2. The number of carbonyl (C=O) groups excluding carboxylic acids is 2. The van der Waals surface area contributed by atoms with Gasteiger partial charge < -0.3 is 15.1 Å². The molecule has 6 rings (SSSR count). The summed E-state index contributed by atoms with van der Waals surface area (Å²) in [5.41, 5.74) is 4.97. The third-order valence-electron chi connectivity index (χ3n) is 7.93. The Morgan fingerprint density at radius 2 is 1.79 bits per heavy atom. The van der Waals surface area contributed by atoms with Gasteiger partial charge in [-0.15, -0.1) is 5.10 Å². The van der Waals surface area contributed by atoms with Gasteiger partial charge in [-0.2, -0.15) is 18.2 Å². The number of hydrogen-bond donors (Lipinski definition) is 1. The van der Waals surface area contributed by atoms with Crippen LogP contribution in [0.1, 0.15) is 53.1 Å². The van der Waals surface area contributed by atoms with Crippen molar-refractivity contribution in [3.05, 3.63) is 89.9 Å². The molecular formula is C31H30F3N7O2. The lowest BCUT2D eigenvalue weighted by Crippen LogP contribution is -2.35. The van der Waals surface area contributed by atoms with E-state index in [1.807, 2.05) is 47.4 Å². The maximum atomic E-state index is 13.1. The van der Waals surface area contributed by atoms with E-state index in [-0.39, 0.29) is 12.5 Å². The number of anilines is 2. The molecule has 9 nitrogen and oxygen atoms in total. The van der Waals surface area contributed by atoms with E-state index in [4.69, 9.17) is 0 Å². The minimum Gasteiger partial charge on any atom is -0.339 e. The average molecular weight is 590 g/mol. The van der Waals surface area contributed by atoms with Crippen molar-refractivity contribution in [2.75, 3.05) is 31.5 Å². The predicted octanol–water partition coefficient (Wildman–Crippen LogP) is 5.46. The standard InChI is InChI=1S/C31H30F3N7O2/c32-31(33,34)13-7-27(42)39-17-10-22(11-18-39)26-2-1-16-41-28(26)37-30(38-41)36-25-5-3-23(4-6-25)29(43)40-19-12-24(20-40)21-8-14-35-15-9-21/h1-6,8-10,14-16,24H,7,11-13,17-20H2,(H,36,38). The fourth-order valence-electron chi connectivity index (χ4n) is 5.62. The van der Waals surface area contributed by atoms with Crippen LogP contribution in [0.3, 0.4) is 0 Å². The van der Waals surface area contributed by atoms with Gasteiger partial charge in [-0.25, -0.2) is 4.52 Å². The lowest BCUT2D eigenvalue weighted by Gasteiger charge is -2.27. The first kappa shape index (κ1) is 28.4. The van der Waals surface area contributed by atoms with Crippen LogP contribution in [0.25, 0.3) is 11.2 Å². The van der Waals surface area contributed by atoms with Crippen molar-refractivity contribution in [3.8, 4) is 0 Å². The molecule has 0 bridgehead atoms. The van der Waals surface area contributed by atoms with Crippen molar-refractivity contribution in [2.24, 2.45) is 0 Å². The molecule has 222 valence electrons. The highest BCUT2D eigenvalue weighted by Crippen LogP contribution is 2.29. The van der Waals surface area contributed by atoms with E-state index in [1.54, 1.807) is 35.2 Å². The van der Waals surface area contributed by atoms with E-state index in [2.05, 4.69) is 20.4 Å². The smallest absolute Gasteiger partial charge is 0.339 e. The van der Waals surface area contributed by atoms with E-state index in [0.717, 1.165) is 23.2 Å². The maximum absolute atomic E-state index is 13.1. The van der Waals surface area contributed by atoms with Crippen LogP contribution in [0.4, 0.5) is 24.8 Å². The fraction of sp³-hybridized carbons (Fsp3) is 0.323. The number of fused-ring (bicyclic) bond motifs is 1. The Balaban J connectivity index is 1.09. The molecule has 2 aliphatic heterocycles. The molecule has 1 atom stereocenters. The molecule has 1 aromatic carbocycles. The van der Waals surface area contributed by atoms with Gasteiger partial charge in [0.25, 0.3) is 5.91 Å². The fourth-order valence-corrected chi connectivity index (χ4v) is 5.62. The summed E-state index contributed by atoms with van der Waals surface area (Å²) in [5.74, 6) is 0.196. The predicted molar refractivity (Wildman–Crippen MR) is 155 cm³/mol. The van der Waals surface area contributed by atoms with Crippen molar-refractivity contribution in [1.29, 1.82) is 0 Å². The highest BCUT2D eigenvalue weighted by Gasteiger charge is 2.30. The molecule has 43 heavy (non-hydrogen) atoms. The van der Waals surface area contributed by atoms with Crippen LogP contribution < -0.4 is 5.32 Å². The number of nitrogens with one attached hydrogen (secondary N) is 1. The van der Waals surface area contributed by atoms with Crippen molar-refractivity contribution in [1.82, 2.24) is 29.4 Å². The monoisotopic (exact) mass is 589 g/mol. The number of amides is 2. The second-order valence-corrected chi connectivity index (χ2v) is 10.8. The maximum Gasteiger partial charge on any atom is 0.389 e. The molecule has 0 spiro atoms. The Kier molecular flexibility index (Phi) is 7.83. The molecule has 12 heteroatoms. The van der Waals surface area contributed by atoms with E-state index < -0.39 is 24.9 Å². The molecule has 4 aromatic rings. The average Bonchev–Trinajstić information content (AvgIpc) is 3.68. The zero-order valence-corrected chi connectivity index (χ0v) is 23.3. The first-order valence-electron chi connectivity index (χ1n) is 14.2. The minimum atomic E-state index is -4.35. The van der Waals surface area contributed by atoms with Gasteiger partial charge in [-0.3, -0.25) is 14.6 Å². The summed E-state index contributed by atoms with van der Waals surface area (Å²) in [7, 11) is 0. The number of halogens is 3. The van der Waals surface area contributed by atoms with Crippen LogP contribution in [0, 0.1) is 0 Å². The molecule has 2 aliphatic rings. The largest absolute Gasteiger partial charge is 0.389 e. The van der Waals surface area contributed by atoms with E-state index in [1.165, 1.54) is 10.5 Å². The van der Waals surface area contributed by atoms with Crippen molar-refractivity contribution < 1.29 is 22.8 Å². The van der Waals surface area contributed by atoms with Crippen molar-refractivity contribution in [2.45, 2.75) is 37.8 Å². The van der Waals surface area contributed by atoms with Gasteiger partial charge in [-0.1, -0.05) is 6.08 Å². The Morgan fingerprint density at radius 1 is 1.00 bits per heavy atom. The SMILES string of the molecule is O=C(CCC(F)(F)F)N1CC=C(c2cccn3nc(Nc4ccc(C(=O)N5CCC(c6ccncc6)C5)cc4)nc23)CC1.